The van der Waals surface area contributed by atoms with Gasteiger partial charge in [-0.3, -0.25) is 4.79 Å². The van der Waals surface area contributed by atoms with Crippen molar-refractivity contribution < 1.29 is 9.21 Å². The number of hydrogen-bond donors (Lipinski definition) is 2. The zero-order valence-corrected chi connectivity index (χ0v) is 13.1. The lowest BCUT2D eigenvalue weighted by molar-refractivity contribution is 0.0997. The molecule has 1 aromatic heterocycles. The van der Waals surface area contributed by atoms with Crippen molar-refractivity contribution in [2.75, 3.05) is 11.1 Å². The molecule has 110 valence electrons. The summed E-state index contributed by atoms with van der Waals surface area (Å²) in [6.45, 7) is 0. The third-order valence-corrected chi connectivity index (χ3v) is 3.64. The highest BCUT2D eigenvalue weighted by molar-refractivity contribution is 9.10. The number of nitrogen functional groups attached to an aromatic ring is 1. The second-order valence-corrected chi connectivity index (χ2v) is 5.63. The maximum atomic E-state index is 12.2. The third kappa shape index (κ3) is 3.04. The van der Waals surface area contributed by atoms with Gasteiger partial charge < -0.3 is 15.5 Å². The van der Waals surface area contributed by atoms with Gasteiger partial charge >= 0.3 is 0 Å². The van der Waals surface area contributed by atoms with Gasteiger partial charge in [0.2, 0.25) is 0 Å². The molecule has 3 aromatic rings. The normalized spacial score (nSPS) is 10.4. The van der Waals surface area contributed by atoms with E-state index in [-0.39, 0.29) is 11.7 Å². The van der Waals surface area contributed by atoms with Crippen LogP contribution in [0.3, 0.4) is 0 Å². The first-order chi connectivity index (χ1) is 10.6. The van der Waals surface area contributed by atoms with E-state index in [1.807, 2.05) is 30.3 Å². The zero-order chi connectivity index (χ0) is 15.5. The number of anilines is 2. The molecule has 0 spiro atoms. The minimum absolute atomic E-state index is 0.234. The highest BCUT2D eigenvalue weighted by Gasteiger charge is 2.13. The summed E-state index contributed by atoms with van der Waals surface area (Å²) in [6.07, 6.45) is 0. The monoisotopic (exact) mass is 356 g/mol. The Morgan fingerprint density at radius 3 is 2.64 bits per heavy atom. The van der Waals surface area contributed by atoms with Crippen molar-refractivity contribution in [3.05, 3.63) is 70.9 Å². The average Bonchev–Trinajstić information content (AvgIpc) is 2.99. The van der Waals surface area contributed by atoms with Crippen LogP contribution in [0.5, 0.6) is 0 Å². The number of nitrogens with one attached hydrogen (secondary N) is 1. The summed E-state index contributed by atoms with van der Waals surface area (Å²) in [6, 6.07) is 18.2. The van der Waals surface area contributed by atoms with Crippen molar-refractivity contribution in [2.24, 2.45) is 0 Å². The molecule has 0 atom stereocenters. The quantitative estimate of drug-likeness (QED) is 0.676. The molecule has 4 nitrogen and oxygen atoms in total. The van der Waals surface area contributed by atoms with Crippen LogP contribution in [-0.4, -0.2) is 5.91 Å². The number of halogens is 1. The number of para-hydroxylation sites is 2. The Labute approximate surface area is 136 Å². The van der Waals surface area contributed by atoms with Crippen molar-refractivity contribution in [3.63, 3.8) is 0 Å². The lowest BCUT2D eigenvalue weighted by atomic mass is 10.2. The molecular weight excluding hydrogens is 344 g/mol. The molecule has 5 heteroatoms. The fourth-order valence-corrected chi connectivity index (χ4v) is 2.45. The highest BCUT2D eigenvalue weighted by atomic mass is 79.9. The van der Waals surface area contributed by atoms with Crippen LogP contribution in [0.1, 0.15) is 10.6 Å². The van der Waals surface area contributed by atoms with Crippen molar-refractivity contribution in [3.8, 4) is 11.3 Å². The first-order valence-corrected chi connectivity index (χ1v) is 7.44. The summed E-state index contributed by atoms with van der Waals surface area (Å²) in [5, 5.41) is 2.74. The molecule has 0 saturated heterocycles. The van der Waals surface area contributed by atoms with Gasteiger partial charge in [-0.15, -0.1) is 0 Å². The van der Waals surface area contributed by atoms with E-state index >= 15 is 0 Å². The van der Waals surface area contributed by atoms with Crippen LogP contribution in [0.25, 0.3) is 11.3 Å². The van der Waals surface area contributed by atoms with Gasteiger partial charge in [0.25, 0.3) is 5.91 Å². The van der Waals surface area contributed by atoms with Crippen LogP contribution >= 0.6 is 15.9 Å². The lowest BCUT2D eigenvalue weighted by Gasteiger charge is -2.05. The minimum Gasteiger partial charge on any atom is -0.451 e. The third-order valence-electron chi connectivity index (χ3n) is 3.15. The number of amides is 1. The first kappa shape index (κ1) is 14.4. The van der Waals surface area contributed by atoms with Crippen LogP contribution in [0, 0.1) is 0 Å². The summed E-state index contributed by atoms with van der Waals surface area (Å²) in [7, 11) is 0. The van der Waals surface area contributed by atoms with Gasteiger partial charge in [0.05, 0.1) is 11.4 Å². The Bertz CT molecular complexity index is 827. The van der Waals surface area contributed by atoms with Gasteiger partial charge in [0.15, 0.2) is 5.76 Å². The number of rotatable bonds is 3. The highest BCUT2D eigenvalue weighted by Crippen LogP contribution is 2.26. The number of benzene rings is 2. The van der Waals surface area contributed by atoms with E-state index in [0.29, 0.717) is 17.1 Å². The summed E-state index contributed by atoms with van der Waals surface area (Å²) < 4.78 is 6.57. The van der Waals surface area contributed by atoms with Gasteiger partial charge in [-0.2, -0.15) is 0 Å². The van der Waals surface area contributed by atoms with Crippen molar-refractivity contribution >= 4 is 33.2 Å². The number of furan rings is 1. The smallest absolute Gasteiger partial charge is 0.291 e. The molecule has 3 rings (SSSR count). The lowest BCUT2D eigenvalue weighted by Crippen LogP contribution is -2.12. The van der Waals surface area contributed by atoms with Crippen molar-refractivity contribution in [1.82, 2.24) is 0 Å². The second kappa shape index (κ2) is 6.07. The van der Waals surface area contributed by atoms with E-state index in [4.69, 9.17) is 10.2 Å². The van der Waals surface area contributed by atoms with Gasteiger partial charge in [0, 0.05) is 10.0 Å². The fourth-order valence-electron chi connectivity index (χ4n) is 2.05. The molecule has 2 aromatic carbocycles. The number of nitrogens with two attached hydrogens (primary N) is 1. The fraction of sp³-hybridized carbons (Fsp3) is 0. The number of hydrogen-bond acceptors (Lipinski definition) is 3. The Balaban J connectivity index is 1.82. The van der Waals surface area contributed by atoms with Gasteiger partial charge in [-0.05, 0) is 36.4 Å². The standard InChI is InChI=1S/C17H13BrN2O2/c18-12-5-3-4-11(10-12)15-8-9-16(22-15)17(21)20-14-7-2-1-6-13(14)19/h1-10H,19H2,(H,20,21). The van der Waals surface area contributed by atoms with Crippen LogP contribution in [0.4, 0.5) is 11.4 Å². The SMILES string of the molecule is Nc1ccccc1NC(=O)c1ccc(-c2cccc(Br)c2)o1. The molecule has 0 bridgehead atoms. The predicted octanol–water partition coefficient (Wildman–Crippen LogP) is 4.54. The largest absolute Gasteiger partial charge is 0.451 e. The summed E-state index contributed by atoms with van der Waals surface area (Å²) in [5.74, 6) is 0.532. The molecule has 1 amide bonds. The van der Waals surface area contributed by atoms with Gasteiger partial charge in [0.1, 0.15) is 5.76 Å². The molecule has 0 aliphatic heterocycles. The van der Waals surface area contributed by atoms with Crippen LogP contribution in [0.2, 0.25) is 0 Å². The summed E-state index contributed by atoms with van der Waals surface area (Å²) in [5.41, 5.74) is 7.78. The Morgan fingerprint density at radius 1 is 1.05 bits per heavy atom. The van der Waals surface area contributed by atoms with Crippen LogP contribution in [-0.2, 0) is 0 Å². The molecule has 22 heavy (non-hydrogen) atoms. The number of carbonyl (C=O) groups is 1. The molecule has 0 saturated carbocycles. The van der Waals surface area contributed by atoms with E-state index in [2.05, 4.69) is 21.2 Å². The molecule has 0 aliphatic rings. The molecule has 1 heterocycles. The van der Waals surface area contributed by atoms with Crippen molar-refractivity contribution in [1.29, 1.82) is 0 Å². The molecule has 0 radical (unpaired) electrons. The summed E-state index contributed by atoms with van der Waals surface area (Å²) in [4.78, 5) is 12.2. The molecule has 0 aliphatic carbocycles. The zero-order valence-electron chi connectivity index (χ0n) is 11.5. The minimum atomic E-state index is -0.334. The van der Waals surface area contributed by atoms with E-state index in [0.717, 1.165) is 10.0 Å². The second-order valence-electron chi connectivity index (χ2n) is 4.72. The summed E-state index contributed by atoms with van der Waals surface area (Å²) >= 11 is 3.41. The number of carbonyl (C=O) groups excluding carboxylic acids is 1. The Hall–Kier alpha value is -2.53. The predicted molar refractivity (Wildman–Crippen MR) is 90.7 cm³/mol. The van der Waals surface area contributed by atoms with E-state index in [9.17, 15) is 4.79 Å². The van der Waals surface area contributed by atoms with E-state index < -0.39 is 0 Å². The van der Waals surface area contributed by atoms with Crippen molar-refractivity contribution in [2.45, 2.75) is 0 Å². The van der Waals surface area contributed by atoms with E-state index in [1.165, 1.54) is 0 Å². The molecule has 0 unspecified atom stereocenters. The maximum Gasteiger partial charge on any atom is 0.291 e. The first-order valence-electron chi connectivity index (χ1n) is 6.65. The molecule has 3 N–H and O–H groups in total. The van der Waals surface area contributed by atoms with Crippen LogP contribution in [0.15, 0.2) is 69.6 Å². The van der Waals surface area contributed by atoms with E-state index in [1.54, 1.807) is 30.3 Å². The Kier molecular flexibility index (Phi) is 3.98. The van der Waals surface area contributed by atoms with Crippen LogP contribution < -0.4 is 11.1 Å². The average molecular weight is 357 g/mol. The Morgan fingerprint density at radius 2 is 1.86 bits per heavy atom. The molecular formula is C17H13BrN2O2. The van der Waals surface area contributed by atoms with Gasteiger partial charge in [-0.25, -0.2) is 0 Å². The van der Waals surface area contributed by atoms with Gasteiger partial charge in [-0.1, -0.05) is 40.2 Å². The maximum absolute atomic E-state index is 12.2. The topological polar surface area (TPSA) is 68.3 Å². The molecule has 0 fully saturated rings.